The van der Waals surface area contributed by atoms with E-state index in [0.717, 1.165) is 18.4 Å². The second-order valence-corrected chi connectivity index (χ2v) is 5.96. The van der Waals surface area contributed by atoms with Crippen LogP contribution in [0.3, 0.4) is 0 Å². The Morgan fingerprint density at radius 3 is 2.52 bits per heavy atom. The number of aliphatic hydroxyl groups is 1. The summed E-state index contributed by atoms with van der Waals surface area (Å²) in [5, 5.41) is 24.2. The highest BCUT2D eigenvalue weighted by atomic mass is 16.6. The number of hydrogen-bond donors (Lipinski definition) is 2. The first-order valence-electron chi connectivity index (χ1n) is 9.58. The van der Waals surface area contributed by atoms with E-state index >= 15 is 0 Å². The van der Waals surface area contributed by atoms with Crippen molar-refractivity contribution in [1.29, 1.82) is 0 Å². The summed E-state index contributed by atoms with van der Waals surface area (Å²) in [6, 6.07) is 12.9. The molecule has 0 amide bonds. The van der Waals surface area contributed by atoms with Gasteiger partial charge >= 0.3 is 0 Å². The molecule has 0 radical (unpaired) electrons. The lowest BCUT2D eigenvalue weighted by molar-refractivity contribution is -0.384. The summed E-state index contributed by atoms with van der Waals surface area (Å²) in [7, 11) is -2.50. The van der Waals surface area contributed by atoms with Gasteiger partial charge in [-0.15, -0.1) is 0 Å². The van der Waals surface area contributed by atoms with Gasteiger partial charge in [-0.05, 0) is 43.0 Å². The number of nitro groups is 1. The van der Waals surface area contributed by atoms with Crippen molar-refractivity contribution >= 4 is 5.69 Å². The molecule has 2 unspecified atom stereocenters. The Morgan fingerprint density at radius 2 is 1.92 bits per heavy atom. The summed E-state index contributed by atoms with van der Waals surface area (Å²) in [5.74, 6) is 0.223. The number of nitrogens with zero attached hydrogens (tertiary/aromatic N) is 1. The highest BCUT2D eigenvalue weighted by Crippen LogP contribution is 2.17. The third-order valence-electron chi connectivity index (χ3n) is 4.06. The molecule has 0 heterocycles. The van der Waals surface area contributed by atoms with E-state index in [0.29, 0.717) is 12.1 Å². The summed E-state index contributed by atoms with van der Waals surface area (Å²) in [4.78, 5) is 10.2. The van der Waals surface area contributed by atoms with Gasteiger partial charge in [-0.3, -0.25) is 10.1 Å². The molecular formula is C19H24N2O4. The second-order valence-electron chi connectivity index (χ2n) is 5.96. The van der Waals surface area contributed by atoms with E-state index in [1.54, 1.807) is 24.3 Å². The Kier molecular flexibility index (Phi) is 5.44. The molecule has 0 fully saturated rings. The van der Waals surface area contributed by atoms with Gasteiger partial charge in [0.2, 0.25) is 0 Å². The number of aliphatic hydroxyl groups excluding tert-OH is 1. The molecule has 6 nitrogen and oxygen atoms in total. The average molecular weight is 347 g/mol. The van der Waals surface area contributed by atoms with E-state index in [2.05, 4.69) is 5.32 Å². The fraction of sp³-hybridized carbons (Fsp3) is 0.368. The van der Waals surface area contributed by atoms with Crippen molar-refractivity contribution in [1.82, 2.24) is 5.32 Å². The Labute approximate surface area is 151 Å². The molecule has 0 aliphatic carbocycles. The maximum atomic E-state index is 10.7. The summed E-state index contributed by atoms with van der Waals surface area (Å²) in [6.45, 7) is 2.35. The molecule has 2 aromatic carbocycles. The van der Waals surface area contributed by atoms with E-state index in [9.17, 15) is 15.2 Å². The Hall–Kier alpha value is -2.44. The first-order chi connectivity index (χ1) is 13.1. The first-order valence-corrected chi connectivity index (χ1v) is 8.08. The highest BCUT2D eigenvalue weighted by molar-refractivity contribution is 5.33. The third kappa shape index (κ3) is 5.85. The van der Waals surface area contributed by atoms with Crippen molar-refractivity contribution < 1.29 is 18.9 Å². The lowest BCUT2D eigenvalue weighted by atomic mass is 10.0. The van der Waals surface area contributed by atoms with Gasteiger partial charge < -0.3 is 15.2 Å². The molecule has 0 spiro atoms. The van der Waals surface area contributed by atoms with E-state index in [-0.39, 0.29) is 17.5 Å². The number of aryl methyl sites for hydroxylation is 1. The number of nitro benzene ring substituents is 1. The zero-order chi connectivity index (χ0) is 20.7. The van der Waals surface area contributed by atoms with Crippen LogP contribution < -0.4 is 10.1 Å². The largest absolute Gasteiger partial charge is 0.497 e. The Balaban J connectivity index is 1.77. The van der Waals surface area contributed by atoms with Crippen molar-refractivity contribution in [2.45, 2.75) is 31.9 Å². The van der Waals surface area contributed by atoms with Crippen LogP contribution in [0.5, 0.6) is 5.75 Å². The lowest BCUT2D eigenvalue weighted by Gasteiger charge is -2.17. The monoisotopic (exact) mass is 347 g/mol. The smallest absolute Gasteiger partial charge is 0.269 e. The fourth-order valence-corrected chi connectivity index (χ4v) is 2.46. The van der Waals surface area contributed by atoms with Crippen LogP contribution in [-0.2, 0) is 6.42 Å². The summed E-state index contributed by atoms with van der Waals surface area (Å²) < 4.78 is 26.0. The Morgan fingerprint density at radius 1 is 1.24 bits per heavy atom. The molecule has 0 aromatic heterocycles. The van der Waals surface area contributed by atoms with Crippen LogP contribution in [0.4, 0.5) is 5.69 Å². The number of hydrogen-bond acceptors (Lipinski definition) is 5. The third-order valence-corrected chi connectivity index (χ3v) is 4.06. The first kappa shape index (κ1) is 14.9. The molecule has 0 saturated carbocycles. The molecule has 25 heavy (non-hydrogen) atoms. The standard InChI is InChI=1S/C19H24N2O4/c1-14(3-4-15-5-9-17(10-6-15)21(23)24)20-13-19(22)16-7-11-18(25-2)12-8-16/h5-12,14,19-20,22H,3-4,13H2,1-2H3/i2D3. The SMILES string of the molecule is [2H]C([2H])([2H])Oc1ccc(C(O)CNC(C)CCc2ccc([N+](=O)[O-])cc2)cc1. The second kappa shape index (κ2) is 9.15. The number of benzene rings is 2. The number of ether oxygens (including phenoxy) is 1. The van der Waals surface area contributed by atoms with Gasteiger partial charge in [-0.2, -0.15) is 0 Å². The predicted molar refractivity (Wildman–Crippen MR) is 96.8 cm³/mol. The van der Waals surface area contributed by atoms with Gasteiger partial charge in [0, 0.05) is 24.7 Å². The summed E-state index contributed by atoms with van der Waals surface area (Å²) >= 11 is 0. The van der Waals surface area contributed by atoms with Crippen molar-refractivity contribution in [3.63, 3.8) is 0 Å². The molecule has 0 aliphatic heterocycles. The van der Waals surface area contributed by atoms with Gasteiger partial charge in [0.05, 0.1) is 22.2 Å². The maximum Gasteiger partial charge on any atom is 0.269 e. The topological polar surface area (TPSA) is 84.6 Å². The molecule has 2 atom stereocenters. The zero-order valence-corrected chi connectivity index (χ0v) is 14.0. The number of nitrogens with one attached hydrogen (secondary N) is 1. The van der Waals surface area contributed by atoms with E-state index in [1.165, 1.54) is 24.3 Å². The van der Waals surface area contributed by atoms with Crippen molar-refractivity contribution in [2.75, 3.05) is 13.6 Å². The van der Waals surface area contributed by atoms with Gasteiger partial charge in [-0.1, -0.05) is 24.3 Å². The van der Waals surface area contributed by atoms with E-state index < -0.39 is 18.1 Å². The van der Waals surface area contributed by atoms with Crippen molar-refractivity contribution in [2.24, 2.45) is 0 Å². The summed E-state index contributed by atoms with van der Waals surface area (Å²) in [6.07, 6.45) is 0.850. The summed E-state index contributed by atoms with van der Waals surface area (Å²) in [5.41, 5.74) is 1.76. The molecule has 6 heteroatoms. The Bertz CT molecular complexity index is 764. The molecule has 2 aromatic rings. The van der Waals surface area contributed by atoms with Crippen LogP contribution in [0.1, 0.15) is 34.7 Å². The molecule has 134 valence electrons. The van der Waals surface area contributed by atoms with Crippen molar-refractivity contribution in [3.8, 4) is 5.75 Å². The molecule has 0 aliphatic rings. The zero-order valence-electron chi connectivity index (χ0n) is 17.0. The lowest BCUT2D eigenvalue weighted by Crippen LogP contribution is -2.30. The van der Waals surface area contributed by atoms with E-state index in [1.807, 2.05) is 6.92 Å². The van der Waals surface area contributed by atoms with Gasteiger partial charge in [-0.25, -0.2) is 0 Å². The van der Waals surface area contributed by atoms with Gasteiger partial charge in [0.15, 0.2) is 0 Å². The van der Waals surface area contributed by atoms with Crippen LogP contribution in [-0.4, -0.2) is 29.7 Å². The fourth-order valence-electron chi connectivity index (χ4n) is 2.46. The number of methoxy groups -OCH3 is 1. The van der Waals surface area contributed by atoms with Crippen molar-refractivity contribution in [3.05, 3.63) is 69.8 Å². The van der Waals surface area contributed by atoms with Gasteiger partial charge in [0.25, 0.3) is 5.69 Å². The van der Waals surface area contributed by atoms with Crippen LogP contribution in [0.2, 0.25) is 0 Å². The molecular weight excluding hydrogens is 320 g/mol. The van der Waals surface area contributed by atoms with E-state index in [4.69, 9.17) is 8.85 Å². The minimum absolute atomic E-state index is 0.0772. The normalized spacial score (nSPS) is 15.5. The molecule has 0 bridgehead atoms. The number of non-ortho nitro benzene ring substituents is 1. The molecule has 0 saturated heterocycles. The minimum Gasteiger partial charge on any atom is -0.497 e. The number of rotatable bonds is 9. The highest BCUT2D eigenvalue weighted by Gasteiger charge is 2.10. The van der Waals surface area contributed by atoms with Crippen LogP contribution in [0.15, 0.2) is 48.5 Å². The van der Waals surface area contributed by atoms with Crippen LogP contribution in [0.25, 0.3) is 0 Å². The van der Waals surface area contributed by atoms with Crippen LogP contribution >= 0.6 is 0 Å². The minimum atomic E-state index is -2.50. The quantitative estimate of drug-likeness (QED) is 0.537. The van der Waals surface area contributed by atoms with Gasteiger partial charge in [0.1, 0.15) is 5.75 Å². The average Bonchev–Trinajstić information content (AvgIpc) is 2.64. The van der Waals surface area contributed by atoms with Crippen LogP contribution in [0, 0.1) is 10.1 Å². The maximum absolute atomic E-state index is 10.7. The molecule has 2 rings (SSSR count). The molecule has 2 N–H and O–H groups in total. The predicted octanol–water partition coefficient (Wildman–Crippen LogP) is 3.25.